The highest BCUT2D eigenvalue weighted by Crippen LogP contribution is 2.56. The van der Waals surface area contributed by atoms with Crippen LogP contribution < -0.4 is 0 Å². The number of halogens is 1. The lowest BCUT2D eigenvalue weighted by molar-refractivity contribution is -0.157. The molecule has 0 aromatic heterocycles. The molecule has 0 radical (unpaired) electrons. The van der Waals surface area contributed by atoms with Crippen LogP contribution in [0, 0.1) is 23.7 Å². The molecular formula is C20H20BrNO5. The van der Waals surface area contributed by atoms with Gasteiger partial charge in [-0.25, -0.2) is 4.79 Å². The molecule has 4 rings (SSSR count). The Bertz CT molecular complexity index is 792. The van der Waals surface area contributed by atoms with Crippen LogP contribution in [0.25, 0.3) is 0 Å². The molecule has 0 N–H and O–H groups in total. The van der Waals surface area contributed by atoms with Crippen LogP contribution >= 0.6 is 15.9 Å². The molecule has 2 amide bonds. The number of imide groups is 1. The summed E-state index contributed by atoms with van der Waals surface area (Å²) in [5.41, 5.74) is 0.429. The van der Waals surface area contributed by atoms with Gasteiger partial charge in [0.1, 0.15) is 6.04 Å². The number of ether oxygens (including phenoxy) is 1. The number of ketones is 1. The monoisotopic (exact) mass is 433 g/mol. The van der Waals surface area contributed by atoms with Crippen LogP contribution in [-0.2, 0) is 19.1 Å². The molecule has 1 heterocycles. The minimum atomic E-state index is -1.01. The Morgan fingerprint density at radius 1 is 1.11 bits per heavy atom. The third-order valence-electron chi connectivity index (χ3n) is 6.20. The van der Waals surface area contributed by atoms with Crippen LogP contribution in [0.2, 0.25) is 0 Å². The molecule has 5 atom stereocenters. The van der Waals surface area contributed by atoms with E-state index in [2.05, 4.69) is 15.9 Å². The van der Waals surface area contributed by atoms with E-state index in [0.29, 0.717) is 5.56 Å². The third kappa shape index (κ3) is 3.02. The molecule has 3 aliphatic rings. The fourth-order valence-corrected chi connectivity index (χ4v) is 5.16. The molecule has 2 aliphatic carbocycles. The summed E-state index contributed by atoms with van der Waals surface area (Å²) in [4.78, 5) is 51.1. The highest BCUT2D eigenvalue weighted by molar-refractivity contribution is 9.10. The van der Waals surface area contributed by atoms with Crippen molar-refractivity contribution in [3.63, 3.8) is 0 Å². The Balaban J connectivity index is 1.39. The molecule has 3 fully saturated rings. The molecule has 1 aromatic carbocycles. The van der Waals surface area contributed by atoms with Crippen LogP contribution in [0.15, 0.2) is 28.7 Å². The number of rotatable bonds is 5. The summed E-state index contributed by atoms with van der Waals surface area (Å²) in [6.45, 7) is 1.07. The van der Waals surface area contributed by atoms with Gasteiger partial charge in [0.15, 0.2) is 12.4 Å². The predicted octanol–water partition coefficient (Wildman–Crippen LogP) is 2.59. The van der Waals surface area contributed by atoms with E-state index in [-0.39, 0.29) is 41.3 Å². The van der Waals surface area contributed by atoms with Gasteiger partial charge < -0.3 is 4.74 Å². The van der Waals surface area contributed by atoms with E-state index in [0.717, 1.165) is 28.6 Å². The number of likely N-dealkylation sites (tertiary alicyclic amines) is 1. The van der Waals surface area contributed by atoms with Crippen molar-refractivity contribution in [2.75, 3.05) is 6.61 Å². The van der Waals surface area contributed by atoms with Crippen molar-refractivity contribution in [1.29, 1.82) is 0 Å². The Kier molecular flexibility index (Phi) is 4.66. The number of nitrogens with zero attached hydrogens (tertiary/aromatic N) is 1. The summed E-state index contributed by atoms with van der Waals surface area (Å²) in [5.74, 6) is -1.56. The fraction of sp³-hybridized carbons (Fsp3) is 0.500. The fourth-order valence-electron chi connectivity index (χ4n) is 4.90. The van der Waals surface area contributed by atoms with Crippen molar-refractivity contribution in [3.8, 4) is 0 Å². The lowest BCUT2D eigenvalue weighted by atomic mass is 9.81. The van der Waals surface area contributed by atoms with Crippen molar-refractivity contribution in [2.45, 2.75) is 32.2 Å². The molecule has 27 heavy (non-hydrogen) atoms. The second-order valence-corrected chi connectivity index (χ2v) is 8.56. The zero-order valence-electron chi connectivity index (χ0n) is 14.9. The number of benzene rings is 1. The number of Topliss-reactive ketones (excluding diaryl/α,β-unsaturated/α-hetero) is 1. The van der Waals surface area contributed by atoms with Crippen LogP contribution in [0.3, 0.4) is 0 Å². The SMILES string of the molecule is C[C@@H](C(=O)OCC(=O)c1ccc(Br)cc1)N1C(=O)[C@H]2[C@@H]3CC[C@H](C3)[C@@H]2C1=O. The van der Waals surface area contributed by atoms with Gasteiger partial charge in [-0.2, -0.15) is 0 Å². The summed E-state index contributed by atoms with van der Waals surface area (Å²) in [5, 5.41) is 0. The largest absolute Gasteiger partial charge is 0.456 e. The highest BCUT2D eigenvalue weighted by atomic mass is 79.9. The van der Waals surface area contributed by atoms with Crippen LogP contribution in [0.5, 0.6) is 0 Å². The van der Waals surface area contributed by atoms with E-state index in [4.69, 9.17) is 4.74 Å². The van der Waals surface area contributed by atoms with Crippen molar-refractivity contribution < 1.29 is 23.9 Å². The second kappa shape index (κ2) is 6.86. The van der Waals surface area contributed by atoms with Gasteiger partial charge in [0.2, 0.25) is 11.8 Å². The number of amides is 2. The summed E-state index contributed by atoms with van der Waals surface area (Å²) in [6, 6.07) is 5.72. The van der Waals surface area contributed by atoms with Crippen molar-refractivity contribution >= 4 is 39.5 Å². The minimum absolute atomic E-state index is 0.249. The summed E-state index contributed by atoms with van der Waals surface area (Å²) in [6.07, 6.45) is 2.92. The van der Waals surface area contributed by atoms with Crippen molar-refractivity contribution in [2.24, 2.45) is 23.7 Å². The molecule has 1 aromatic rings. The van der Waals surface area contributed by atoms with E-state index in [1.807, 2.05) is 0 Å². The first-order valence-corrected chi connectivity index (χ1v) is 10.00. The second-order valence-electron chi connectivity index (χ2n) is 7.65. The normalized spacial score (nSPS) is 29.8. The van der Waals surface area contributed by atoms with Crippen molar-refractivity contribution in [1.82, 2.24) is 4.90 Å². The molecule has 0 unspecified atom stereocenters. The van der Waals surface area contributed by atoms with Gasteiger partial charge in [-0.15, -0.1) is 0 Å². The van der Waals surface area contributed by atoms with Crippen LogP contribution in [0.4, 0.5) is 0 Å². The summed E-state index contributed by atoms with van der Waals surface area (Å²) < 4.78 is 5.95. The van der Waals surface area contributed by atoms with E-state index in [9.17, 15) is 19.2 Å². The first kappa shape index (κ1) is 18.3. The Hall–Kier alpha value is -2.02. The van der Waals surface area contributed by atoms with E-state index in [1.54, 1.807) is 24.3 Å². The average Bonchev–Trinajstić information content (AvgIpc) is 3.33. The van der Waals surface area contributed by atoms with Crippen LogP contribution in [-0.4, -0.2) is 41.1 Å². The molecule has 1 aliphatic heterocycles. The Morgan fingerprint density at radius 2 is 1.67 bits per heavy atom. The lowest BCUT2D eigenvalue weighted by Gasteiger charge is -2.22. The Morgan fingerprint density at radius 3 is 2.22 bits per heavy atom. The lowest BCUT2D eigenvalue weighted by Crippen LogP contribution is -2.45. The zero-order chi connectivity index (χ0) is 19.3. The molecule has 6 nitrogen and oxygen atoms in total. The molecule has 2 saturated carbocycles. The topological polar surface area (TPSA) is 80.8 Å². The van der Waals surface area contributed by atoms with Gasteiger partial charge in [-0.1, -0.05) is 28.1 Å². The van der Waals surface area contributed by atoms with Crippen LogP contribution in [0.1, 0.15) is 36.5 Å². The van der Waals surface area contributed by atoms with Gasteiger partial charge in [0.05, 0.1) is 11.8 Å². The van der Waals surface area contributed by atoms with Gasteiger partial charge in [-0.05, 0) is 50.2 Å². The molecule has 1 saturated heterocycles. The smallest absolute Gasteiger partial charge is 0.329 e. The number of carbonyl (C=O) groups is 4. The number of hydrogen-bond donors (Lipinski definition) is 0. The van der Waals surface area contributed by atoms with Gasteiger partial charge >= 0.3 is 5.97 Å². The zero-order valence-corrected chi connectivity index (χ0v) is 16.5. The van der Waals surface area contributed by atoms with E-state index >= 15 is 0 Å². The average molecular weight is 434 g/mol. The number of esters is 1. The third-order valence-corrected chi connectivity index (χ3v) is 6.73. The van der Waals surface area contributed by atoms with E-state index < -0.39 is 18.6 Å². The van der Waals surface area contributed by atoms with E-state index in [1.165, 1.54) is 6.92 Å². The van der Waals surface area contributed by atoms with Gasteiger partial charge in [0.25, 0.3) is 0 Å². The molecule has 0 spiro atoms. The molecular weight excluding hydrogens is 414 g/mol. The molecule has 7 heteroatoms. The first-order valence-electron chi connectivity index (χ1n) is 9.20. The number of carbonyl (C=O) groups excluding carboxylic acids is 4. The maximum absolute atomic E-state index is 12.8. The van der Waals surface area contributed by atoms with Gasteiger partial charge in [-0.3, -0.25) is 19.3 Å². The predicted molar refractivity (Wildman–Crippen MR) is 98.6 cm³/mol. The quantitative estimate of drug-likeness (QED) is 0.404. The maximum atomic E-state index is 12.8. The Labute approximate surface area is 165 Å². The molecule has 142 valence electrons. The number of hydrogen-bond acceptors (Lipinski definition) is 5. The summed E-state index contributed by atoms with van der Waals surface area (Å²) >= 11 is 3.29. The summed E-state index contributed by atoms with van der Waals surface area (Å²) in [7, 11) is 0. The van der Waals surface area contributed by atoms with Gasteiger partial charge in [0, 0.05) is 10.0 Å². The standard InChI is InChI=1S/C20H20BrNO5/c1-10(20(26)27-9-15(23)11-4-6-14(21)7-5-11)22-18(24)16-12-2-3-13(8-12)17(16)19(22)25/h4-7,10,12-13,16-17H,2-3,8-9H2,1H3/t10-,12+,13+,16-,17-/m0/s1. The van der Waals surface area contributed by atoms with Crippen molar-refractivity contribution in [3.05, 3.63) is 34.3 Å². The molecule has 2 bridgehead atoms. The first-order chi connectivity index (χ1) is 12.9. The highest BCUT2D eigenvalue weighted by Gasteiger charge is 2.62. The minimum Gasteiger partial charge on any atom is -0.456 e. The maximum Gasteiger partial charge on any atom is 0.329 e. The number of fused-ring (bicyclic) bond motifs is 5.